The molecule has 1 fully saturated rings. The number of hydrogen-bond acceptors (Lipinski definition) is 2. The van der Waals surface area contributed by atoms with Gasteiger partial charge in [0.1, 0.15) is 0 Å². The van der Waals surface area contributed by atoms with Crippen LogP contribution in [-0.2, 0) is 10.0 Å². The molecule has 0 aliphatic carbocycles. The standard InChI is InChI=1S/C9H21NO2SSi/c1-9(2,3)13(11,12)10-7-8(10)14(4,5)6/h8H,7H2,1-6H3. The van der Waals surface area contributed by atoms with Gasteiger partial charge in [0.25, 0.3) is 0 Å². The van der Waals surface area contributed by atoms with Gasteiger partial charge in [-0.15, -0.1) is 0 Å². The van der Waals surface area contributed by atoms with Crippen molar-refractivity contribution in [1.82, 2.24) is 4.31 Å². The van der Waals surface area contributed by atoms with Gasteiger partial charge < -0.3 is 0 Å². The smallest absolute Gasteiger partial charge is 0.212 e. The molecule has 1 rings (SSSR count). The third-order valence-electron chi connectivity index (χ3n) is 2.65. The number of nitrogens with zero attached hydrogens (tertiary/aromatic N) is 1. The molecule has 84 valence electrons. The first kappa shape index (κ1) is 12.2. The topological polar surface area (TPSA) is 37.1 Å². The minimum absolute atomic E-state index is 0.326. The van der Waals surface area contributed by atoms with Gasteiger partial charge in [-0.05, 0) is 20.8 Å². The van der Waals surface area contributed by atoms with E-state index in [4.69, 9.17) is 0 Å². The normalized spacial score (nSPS) is 29.0. The minimum atomic E-state index is -3.07. The SMILES string of the molecule is CC(C)(C)S(=O)(=O)N1CC1[Si](C)(C)C. The number of rotatable bonds is 2. The molecule has 1 saturated heterocycles. The molecule has 0 radical (unpaired) electrons. The predicted octanol–water partition coefficient (Wildman–Crippen LogP) is 1.68. The van der Waals surface area contributed by atoms with Crippen molar-refractivity contribution in [3.8, 4) is 0 Å². The lowest BCUT2D eigenvalue weighted by Crippen LogP contribution is -2.39. The average molecular weight is 235 g/mol. The van der Waals surface area contributed by atoms with Crippen molar-refractivity contribution in [2.75, 3.05) is 6.54 Å². The van der Waals surface area contributed by atoms with E-state index in [9.17, 15) is 8.42 Å². The highest BCUT2D eigenvalue weighted by Crippen LogP contribution is 2.35. The zero-order valence-corrected chi connectivity index (χ0v) is 11.8. The van der Waals surface area contributed by atoms with Gasteiger partial charge in [-0.3, -0.25) is 0 Å². The van der Waals surface area contributed by atoms with E-state index in [1.54, 1.807) is 25.1 Å². The van der Waals surface area contributed by atoms with Gasteiger partial charge in [0, 0.05) is 12.2 Å². The predicted molar refractivity (Wildman–Crippen MR) is 62.5 cm³/mol. The van der Waals surface area contributed by atoms with Crippen LogP contribution in [0.5, 0.6) is 0 Å². The molecule has 3 nitrogen and oxygen atoms in total. The molecule has 0 amide bonds. The van der Waals surface area contributed by atoms with Crippen molar-refractivity contribution in [3.63, 3.8) is 0 Å². The summed E-state index contributed by atoms with van der Waals surface area (Å²) in [4.78, 5) is 0. The molecule has 2 atom stereocenters. The van der Waals surface area contributed by atoms with Crippen LogP contribution in [0.3, 0.4) is 0 Å². The Balaban J connectivity index is 2.84. The first-order chi connectivity index (χ1) is 5.98. The lowest BCUT2D eigenvalue weighted by molar-refractivity contribution is 0.522. The third-order valence-corrected chi connectivity index (χ3v) is 7.90. The van der Waals surface area contributed by atoms with E-state index in [1.165, 1.54) is 0 Å². The Morgan fingerprint density at radius 3 is 1.86 bits per heavy atom. The van der Waals surface area contributed by atoms with Gasteiger partial charge in [0.2, 0.25) is 10.0 Å². The van der Waals surface area contributed by atoms with Crippen LogP contribution in [0.25, 0.3) is 0 Å². The van der Waals surface area contributed by atoms with Gasteiger partial charge in [-0.2, -0.15) is 4.31 Å². The van der Waals surface area contributed by atoms with Crippen LogP contribution in [0.1, 0.15) is 20.8 Å². The highest BCUT2D eigenvalue weighted by molar-refractivity contribution is 7.90. The van der Waals surface area contributed by atoms with Gasteiger partial charge >= 0.3 is 0 Å². The fraction of sp³-hybridized carbons (Fsp3) is 1.00. The van der Waals surface area contributed by atoms with E-state index in [0.29, 0.717) is 5.67 Å². The van der Waals surface area contributed by atoms with Gasteiger partial charge in [0.15, 0.2) is 0 Å². The molecule has 0 aromatic heterocycles. The summed E-state index contributed by atoms with van der Waals surface area (Å²) in [7, 11) is -4.40. The highest BCUT2D eigenvalue weighted by Gasteiger charge is 2.54. The maximum Gasteiger partial charge on any atom is 0.219 e. The first-order valence-corrected chi connectivity index (χ1v) is 10.0. The zero-order valence-electron chi connectivity index (χ0n) is 9.96. The van der Waals surface area contributed by atoms with Crippen molar-refractivity contribution < 1.29 is 8.42 Å². The average Bonchev–Trinajstić information content (AvgIpc) is 2.57. The molecule has 1 heterocycles. The van der Waals surface area contributed by atoms with Crippen molar-refractivity contribution in [1.29, 1.82) is 0 Å². The summed E-state index contributed by atoms with van der Waals surface area (Å²) in [5.41, 5.74) is 0.326. The van der Waals surface area contributed by atoms with Crippen LogP contribution in [0.4, 0.5) is 0 Å². The summed E-state index contributed by atoms with van der Waals surface area (Å²) < 4.78 is 25.1. The molecule has 0 aromatic carbocycles. The van der Waals surface area contributed by atoms with E-state index in [2.05, 4.69) is 19.6 Å². The summed E-state index contributed by atoms with van der Waals surface area (Å²) in [6.07, 6.45) is 0. The second kappa shape index (κ2) is 3.06. The molecule has 0 N–H and O–H groups in total. The van der Waals surface area contributed by atoms with E-state index < -0.39 is 22.8 Å². The third kappa shape index (κ3) is 2.04. The maximum atomic E-state index is 12.0. The summed E-state index contributed by atoms with van der Waals surface area (Å²) in [5, 5.41) is 0. The Labute approximate surface area is 88.6 Å². The molecular formula is C9H21NO2SSi. The molecule has 0 saturated carbocycles. The maximum absolute atomic E-state index is 12.0. The Bertz CT molecular complexity index is 324. The van der Waals surface area contributed by atoms with Crippen molar-refractivity contribution in [2.24, 2.45) is 0 Å². The first-order valence-electron chi connectivity index (χ1n) is 4.99. The molecule has 0 bridgehead atoms. The van der Waals surface area contributed by atoms with E-state index >= 15 is 0 Å². The quantitative estimate of drug-likeness (QED) is 0.539. The fourth-order valence-corrected chi connectivity index (χ4v) is 5.93. The molecule has 5 heteroatoms. The van der Waals surface area contributed by atoms with Crippen molar-refractivity contribution >= 4 is 18.1 Å². The summed E-state index contributed by atoms with van der Waals surface area (Å²) in [6.45, 7) is 12.7. The second-order valence-electron chi connectivity index (χ2n) is 6.07. The van der Waals surface area contributed by atoms with Crippen molar-refractivity contribution in [2.45, 2.75) is 50.8 Å². The van der Waals surface area contributed by atoms with Gasteiger partial charge in [0.05, 0.1) is 12.8 Å². The van der Waals surface area contributed by atoms with E-state index in [0.717, 1.165) is 6.54 Å². The summed E-state index contributed by atoms with van der Waals surface area (Å²) >= 11 is 0. The largest absolute Gasteiger partial charge is 0.219 e. The van der Waals surface area contributed by atoms with Crippen LogP contribution in [-0.4, -0.2) is 37.8 Å². The van der Waals surface area contributed by atoms with Gasteiger partial charge in [-0.25, -0.2) is 8.42 Å². The summed E-state index contributed by atoms with van der Waals surface area (Å²) in [6, 6.07) is 0. The van der Waals surface area contributed by atoms with Crippen LogP contribution in [0.15, 0.2) is 0 Å². The lowest BCUT2D eigenvalue weighted by Gasteiger charge is -2.22. The Morgan fingerprint density at radius 2 is 1.64 bits per heavy atom. The molecule has 1 aliphatic rings. The van der Waals surface area contributed by atoms with E-state index in [1.807, 2.05) is 0 Å². The van der Waals surface area contributed by atoms with Gasteiger partial charge in [-0.1, -0.05) is 19.6 Å². The molecule has 2 unspecified atom stereocenters. The minimum Gasteiger partial charge on any atom is -0.212 e. The fourth-order valence-electron chi connectivity index (χ4n) is 1.45. The number of sulfonamides is 1. The Kier molecular flexibility index (Phi) is 2.66. The van der Waals surface area contributed by atoms with Crippen LogP contribution < -0.4 is 0 Å². The van der Waals surface area contributed by atoms with Crippen LogP contribution >= 0.6 is 0 Å². The number of hydrogen-bond donors (Lipinski definition) is 0. The molecule has 0 aromatic rings. The molecule has 0 spiro atoms. The zero-order chi connectivity index (χ0) is 11.4. The Morgan fingerprint density at radius 1 is 1.21 bits per heavy atom. The Hall–Kier alpha value is 0.127. The van der Waals surface area contributed by atoms with Crippen molar-refractivity contribution in [3.05, 3.63) is 0 Å². The van der Waals surface area contributed by atoms with E-state index in [-0.39, 0.29) is 0 Å². The monoisotopic (exact) mass is 235 g/mol. The lowest BCUT2D eigenvalue weighted by atomic mass is 10.3. The summed E-state index contributed by atoms with van der Waals surface area (Å²) in [5.74, 6) is 0. The van der Waals surface area contributed by atoms with Crippen LogP contribution in [0.2, 0.25) is 19.6 Å². The second-order valence-corrected chi connectivity index (χ2v) is 14.1. The molecule has 14 heavy (non-hydrogen) atoms. The molecule has 1 aliphatic heterocycles. The molecular weight excluding hydrogens is 214 g/mol. The highest BCUT2D eigenvalue weighted by atomic mass is 32.2. The van der Waals surface area contributed by atoms with Crippen LogP contribution in [0, 0.1) is 0 Å².